The molecule has 2 aliphatic heterocycles. The predicted molar refractivity (Wildman–Crippen MR) is 52.9 cm³/mol. The molecule has 0 aromatic rings. The van der Waals surface area contributed by atoms with Crippen LogP contribution in [0.2, 0.25) is 0 Å². The molecule has 2 rings (SSSR count). The van der Waals surface area contributed by atoms with Gasteiger partial charge in [-0.1, -0.05) is 0 Å². The summed E-state index contributed by atoms with van der Waals surface area (Å²) < 4.78 is 5.27. The first-order valence-corrected chi connectivity index (χ1v) is 5.31. The molecule has 0 amide bonds. The molecule has 1 N–H and O–H groups in total. The molecule has 2 fully saturated rings. The minimum absolute atomic E-state index is 0.490. The first-order valence-electron chi connectivity index (χ1n) is 5.31. The molecule has 2 aliphatic rings. The fourth-order valence-electron chi connectivity index (χ4n) is 2.33. The van der Waals surface area contributed by atoms with Crippen LogP contribution in [0.3, 0.4) is 0 Å². The molecule has 0 saturated carbocycles. The molecular formula is C10H20N2O. The third kappa shape index (κ3) is 1.87. The Morgan fingerprint density at radius 2 is 2.23 bits per heavy atom. The topological polar surface area (TPSA) is 24.5 Å². The zero-order valence-electron chi connectivity index (χ0n) is 8.62. The summed E-state index contributed by atoms with van der Waals surface area (Å²) in [6, 6.07) is 1.41. The van der Waals surface area contributed by atoms with Crippen molar-refractivity contribution in [2.75, 3.05) is 26.7 Å². The molecular weight excluding hydrogens is 164 g/mol. The number of ether oxygens (including phenoxy) is 1. The van der Waals surface area contributed by atoms with Gasteiger partial charge in [0.25, 0.3) is 0 Å². The fourth-order valence-corrected chi connectivity index (χ4v) is 2.33. The van der Waals surface area contributed by atoms with Gasteiger partial charge in [0.2, 0.25) is 0 Å². The molecule has 0 aromatic heterocycles. The van der Waals surface area contributed by atoms with E-state index < -0.39 is 0 Å². The Hall–Kier alpha value is -0.120. The fraction of sp³-hybridized carbons (Fsp3) is 1.00. The van der Waals surface area contributed by atoms with Gasteiger partial charge in [0.05, 0.1) is 6.10 Å². The van der Waals surface area contributed by atoms with E-state index in [1.54, 1.807) is 7.11 Å². The first kappa shape index (κ1) is 9.44. The van der Waals surface area contributed by atoms with Crippen LogP contribution in [0.4, 0.5) is 0 Å². The van der Waals surface area contributed by atoms with Gasteiger partial charge in [-0.2, -0.15) is 0 Å². The van der Waals surface area contributed by atoms with E-state index in [-0.39, 0.29) is 0 Å². The molecule has 2 atom stereocenters. The standard InChI is InChI=1S/C10H20N2O/c1-8(10-4-3-5-11-10)12-6-9(7-12)13-2/h8-11H,3-7H2,1-2H3. The predicted octanol–water partition coefficient (Wildman–Crippen LogP) is 0.458. The van der Waals surface area contributed by atoms with Crippen molar-refractivity contribution < 1.29 is 4.74 Å². The van der Waals surface area contributed by atoms with Crippen LogP contribution in [-0.2, 0) is 4.74 Å². The lowest BCUT2D eigenvalue weighted by Crippen LogP contribution is -2.59. The summed E-state index contributed by atoms with van der Waals surface area (Å²) >= 11 is 0. The van der Waals surface area contributed by atoms with Crippen LogP contribution in [-0.4, -0.2) is 49.8 Å². The Morgan fingerprint density at radius 1 is 1.46 bits per heavy atom. The Kier molecular flexibility index (Phi) is 2.86. The summed E-state index contributed by atoms with van der Waals surface area (Å²) in [7, 11) is 1.81. The van der Waals surface area contributed by atoms with Gasteiger partial charge in [0.15, 0.2) is 0 Å². The van der Waals surface area contributed by atoms with E-state index in [0.717, 1.165) is 19.1 Å². The van der Waals surface area contributed by atoms with Crippen LogP contribution in [0.1, 0.15) is 19.8 Å². The molecule has 0 bridgehead atoms. The molecule has 13 heavy (non-hydrogen) atoms. The van der Waals surface area contributed by atoms with Gasteiger partial charge in [-0.3, -0.25) is 4.90 Å². The smallest absolute Gasteiger partial charge is 0.0825 e. The van der Waals surface area contributed by atoms with E-state index in [2.05, 4.69) is 17.1 Å². The van der Waals surface area contributed by atoms with Crippen LogP contribution in [0, 0.1) is 0 Å². The van der Waals surface area contributed by atoms with E-state index in [1.165, 1.54) is 19.4 Å². The van der Waals surface area contributed by atoms with Gasteiger partial charge in [0, 0.05) is 32.3 Å². The molecule has 3 heteroatoms. The number of hydrogen-bond donors (Lipinski definition) is 1. The monoisotopic (exact) mass is 184 g/mol. The van der Waals surface area contributed by atoms with Crippen molar-refractivity contribution in [1.82, 2.24) is 10.2 Å². The summed E-state index contributed by atoms with van der Waals surface area (Å²) in [4.78, 5) is 2.51. The molecule has 76 valence electrons. The summed E-state index contributed by atoms with van der Waals surface area (Å²) in [6.07, 6.45) is 3.18. The van der Waals surface area contributed by atoms with Crippen molar-refractivity contribution in [2.24, 2.45) is 0 Å². The lowest BCUT2D eigenvalue weighted by molar-refractivity contribution is -0.0526. The Balaban J connectivity index is 1.75. The minimum Gasteiger partial charge on any atom is -0.379 e. The normalized spacial score (nSPS) is 33.2. The van der Waals surface area contributed by atoms with Gasteiger partial charge in [-0.15, -0.1) is 0 Å². The number of nitrogens with one attached hydrogen (secondary N) is 1. The van der Waals surface area contributed by atoms with Crippen molar-refractivity contribution in [3.05, 3.63) is 0 Å². The van der Waals surface area contributed by atoms with E-state index >= 15 is 0 Å². The average molecular weight is 184 g/mol. The van der Waals surface area contributed by atoms with Crippen molar-refractivity contribution in [3.8, 4) is 0 Å². The van der Waals surface area contributed by atoms with Gasteiger partial charge >= 0.3 is 0 Å². The van der Waals surface area contributed by atoms with Crippen LogP contribution in [0.5, 0.6) is 0 Å². The maximum absolute atomic E-state index is 5.27. The van der Waals surface area contributed by atoms with Crippen LogP contribution in [0.15, 0.2) is 0 Å². The lowest BCUT2D eigenvalue weighted by atomic mass is 10.0. The second kappa shape index (κ2) is 3.95. The molecule has 0 radical (unpaired) electrons. The van der Waals surface area contributed by atoms with Gasteiger partial charge in [-0.25, -0.2) is 0 Å². The number of nitrogens with zero attached hydrogens (tertiary/aromatic N) is 1. The average Bonchev–Trinajstić information content (AvgIpc) is 2.53. The van der Waals surface area contributed by atoms with Crippen molar-refractivity contribution in [1.29, 1.82) is 0 Å². The van der Waals surface area contributed by atoms with Gasteiger partial charge < -0.3 is 10.1 Å². The summed E-state index contributed by atoms with van der Waals surface area (Å²) in [5.74, 6) is 0. The molecule has 2 unspecified atom stereocenters. The van der Waals surface area contributed by atoms with Crippen molar-refractivity contribution >= 4 is 0 Å². The Bertz CT molecular complexity index is 162. The SMILES string of the molecule is COC1CN(C(C)C2CCCN2)C1. The van der Waals surface area contributed by atoms with E-state index in [4.69, 9.17) is 4.74 Å². The Morgan fingerprint density at radius 3 is 2.77 bits per heavy atom. The summed E-state index contributed by atoms with van der Waals surface area (Å²) in [5.41, 5.74) is 0. The van der Waals surface area contributed by atoms with Crippen LogP contribution < -0.4 is 5.32 Å². The highest BCUT2D eigenvalue weighted by Gasteiger charge is 2.34. The zero-order valence-corrected chi connectivity index (χ0v) is 8.62. The quantitative estimate of drug-likeness (QED) is 0.689. The minimum atomic E-state index is 0.490. The third-order valence-electron chi connectivity index (χ3n) is 3.47. The lowest BCUT2D eigenvalue weighted by Gasteiger charge is -2.44. The highest BCUT2D eigenvalue weighted by atomic mass is 16.5. The second-order valence-electron chi connectivity index (χ2n) is 4.26. The maximum atomic E-state index is 5.27. The van der Waals surface area contributed by atoms with Crippen LogP contribution in [0.25, 0.3) is 0 Å². The molecule has 0 aliphatic carbocycles. The molecule has 2 saturated heterocycles. The molecule has 3 nitrogen and oxygen atoms in total. The highest BCUT2D eigenvalue weighted by Crippen LogP contribution is 2.20. The second-order valence-corrected chi connectivity index (χ2v) is 4.26. The van der Waals surface area contributed by atoms with Crippen molar-refractivity contribution in [2.45, 2.75) is 38.0 Å². The summed E-state index contributed by atoms with van der Waals surface area (Å²) in [5, 5.41) is 3.56. The van der Waals surface area contributed by atoms with Crippen LogP contribution >= 0.6 is 0 Å². The largest absolute Gasteiger partial charge is 0.379 e. The van der Waals surface area contributed by atoms with Crippen molar-refractivity contribution in [3.63, 3.8) is 0 Å². The van der Waals surface area contributed by atoms with Gasteiger partial charge in [-0.05, 0) is 26.3 Å². The Labute approximate surface area is 80.4 Å². The number of hydrogen-bond acceptors (Lipinski definition) is 3. The van der Waals surface area contributed by atoms with E-state index in [1.807, 2.05) is 0 Å². The number of likely N-dealkylation sites (tertiary alicyclic amines) is 1. The molecule has 0 spiro atoms. The van der Waals surface area contributed by atoms with E-state index in [0.29, 0.717) is 12.1 Å². The molecule has 2 heterocycles. The highest BCUT2D eigenvalue weighted by molar-refractivity contribution is 4.92. The van der Waals surface area contributed by atoms with Gasteiger partial charge in [0.1, 0.15) is 0 Å². The summed E-state index contributed by atoms with van der Waals surface area (Å²) in [6.45, 7) is 5.77. The van der Waals surface area contributed by atoms with E-state index in [9.17, 15) is 0 Å². The number of rotatable bonds is 3. The zero-order chi connectivity index (χ0) is 9.26. The third-order valence-corrected chi connectivity index (χ3v) is 3.47. The molecule has 0 aromatic carbocycles. The maximum Gasteiger partial charge on any atom is 0.0825 e. The number of methoxy groups -OCH3 is 1. The first-order chi connectivity index (χ1) is 6.31.